The second-order valence-electron chi connectivity index (χ2n) is 7.06. The molecule has 0 bridgehead atoms. The van der Waals surface area contributed by atoms with E-state index < -0.39 is 0 Å². The fourth-order valence-corrected chi connectivity index (χ4v) is 3.21. The van der Waals surface area contributed by atoms with Crippen LogP contribution in [0.3, 0.4) is 0 Å². The Bertz CT molecular complexity index is 660. The first kappa shape index (κ1) is 19.2. The first-order valence-corrected chi connectivity index (χ1v) is 9.46. The van der Waals surface area contributed by atoms with Gasteiger partial charge in [0.15, 0.2) is 0 Å². The fraction of sp³-hybridized carbons (Fsp3) is 0.524. The van der Waals surface area contributed by atoms with Crippen LogP contribution in [-0.4, -0.2) is 10.5 Å². The van der Waals surface area contributed by atoms with Crippen LogP contribution in [0.1, 0.15) is 63.5 Å². The highest BCUT2D eigenvalue weighted by Crippen LogP contribution is 2.25. The molecule has 2 unspecified atom stereocenters. The van der Waals surface area contributed by atoms with Crippen molar-refractivity contribution >= 4 is 5.91 Å². The van der Waals surface area contributed by atoms with Gasteiger partial charge in [0.25, 0.3) is 0 Å². The highest BCUT2D eigenvalue weighted by atomic mass is 16.1. The first-order chi connectivity index (χ1) is 12.0. The Kier molecular flexibility index (Phi) is 7.23. The molecular weight excluding hydrogens is 310 g/mol. The maximum absolute atomic E-state index is 11.4. The molecule has 1 aromatic heterocycles. The lowest BCUT2D eigenvalue weighted by molar-refractivity contribution is -0.687. The van der Waals surface area contributed by atoms with Crippen molar-refractivity contribution in [2.75, 3.05) is 0 Å². The number of aromatic nitrogens is 2. The van der Waals surface area contributed by atoms with Crippen molar-refractivity contribution in [2.24, 2.45) is 11.7 Å². The van der Waals surface area contributed by atoms with Gasteiger partial charge in [-0.1, -0.05) is 51.5 Å². The maximum Gasteiger partial charge on any atom is 0.244 e. The molecule has 1 heterocycles. The number of aryl methyl sites for hydroxylation is 1. The SMILES string of the molecule is CCCCn1cc[n+](Cc2ccc(C(C)CC(CC)C(N)=O)cc2)c1. The van der Waals surface area contributed by atoms with E-state index in [4.69, 9.17) is 5.73 Å². The van der Waals surface area contributed by atoms with Gasteiger partial charge in [-0.05, 0) is 36.3 Å². The maximum atomic E-state index is 11.4. The monoisotopic (exact) mass is 342 g/mol. The number of benzene rings is 1. The highest BCUT2D eigenvalue weighted by molar-refractivity contribution is 5.76. The van der Waals surface area contributed by atoms with E-state index in [9.17, 15) is 4.79 Å². The van der Waals surface area contributed by atoms with Gasteiger partial charge in [0.2, 0.25) is 12.2 Å². The third kappa shape index (κ3) is 5.73. The zero-order valence-electron chi connectivity index (χ0n) is 15.8. The number of unbranched alkanes of at least 4 members (excludes halogenated alkanes) is 1. The third-order valence-corrected chi connectivity index (χ3v) is 4.96. The van der Waals surface area contributed by atoms with Crippen molar-refractivity contribution < 1.29 is 9.36 Å². The summed E-state index contributed by atoms with van der Waals surface area (Å²) in [6.45, 7) is 8.37. The molecule has 0 spiro atoms. The molecule has 0 fully saturated rings. The summed E-state index contributed by atoms with van der Waals surface area (Å²) < 4.78 is 4.46. The number of hydrogen-bond acceptors (Lipinski definition) is 1. The summed E-state index contributed by atoms with van der Waals surface area (Å²) in [7, 11) is 0. The van der Waals surface area contributed by atoms with Gasteiger partial charge in [0.05, 0.1) is 6.54 Å². The third-order valence-electron chi connectivity index (χ3n) is 4.96. The Balaban J connectivity index is 1.95. The van der Waals surface area contributed by atoms with Crippen molar-refractivity contribution in [1.29, 1.82) is 0 Å². The Morgan fingerprint density at radius 1 is 1.24 bits per heavy atom. The van der Waals surface area contributed by atoms with E-state index in [-0.39, 0.29) is 11.8 Å². The lowest BCUT2D eigenvalue weighted by Crippen LogP contribution is -2.31. The standard InChI is InChI=1S/C21H31N3O/c1-4-6-11-23-12-13-24(16-23)15-18-7-9-20(10-8-18)17(3)14-19(5-2)21(22)25/h7-10,12-13,16-17,19H,4-6,11,14-15H2,1-3H3,(H-,22,25)/p+1. The van der Waals surface area contributed by atoms with Crippen LogP contribution in [0.5, 0.6) is 0 Å². The van der Waals surface area contributed by atoms with Crippen LogP contribution in [0.15, 0.2) is 43.0 Å². The molecule has 1 aromatic carbocycles. The van der Waals surface area contributed by atoms with Crippen LogP contribution in [-0.2, 0) is 17.9 Å². The molecule has 4 heteroatoms. The zero-order chi connectivity index (χ0) is 18.2. The molecule has 2 N–H and O–H groups in total. The van der Waals surface area contributed by atoms with Gasteiger partial charge < -0.3 is 5.73 Å². The highest BCUT2D eigenvalue weighted by Gasteiger charge is 2.17. The number of hydrogen-bond donors (Lipinski definition) is 1. The predicted octanol–water partition coefficient (Wildman–Crippen LogP) is 3.63. The smallest absolute Gasteiger partial charge is 0.244 e. The van der Waals surface area contributed by atoms with Crippen LogP contribution in [0.25, 0.3) is 0 Å². The predicted molar refractivity (Wildman–Crippen MR) is 101 cm³/mol. The topological polar surface area (TPSA) is 51.9 Å². The van der Waals surface area contributed by atoms with Crippen molar-refractivity contribution in [2.45, 2.75) is 65.5 Å². The van der Waals surface area contributed by atoms with Crippen LogP contribution in [0, 0.1) is 5.92 Å². The molecule has 0 aliphatic carbocycles. The summed E-state index contributed by atoms with van der Waals surface area (Å²) in [4.78, 5) is 11.4. The summed E-state index contributed by atoms with van der Waals surface area (Å²) in [6, 6.07) is 8.74. The fourth-order valence-electron chi connectivity index (χ4n) is 3.21. The first-order valence-electron chi connectivity index (χ1n) is 9.46. The van der Waals surface area contributed by atoms with Gasteiger partial charge in [0.1, 0.15) is 18.9 Å². The average molecular weight is 343 g/mol. The number of carbonyl (C=O) groups excluding carboxylic acids is 1. The number of rotatable bonds is 10. The Hall–Kier alpha value is -2.10. The molecular formula is C21H32N3O+. The van der Waals surface area contributed by atoms with Crippen molar-refractivity contribution in [3.63, 3.8) is 0 Å². The van der Waals surface area contributed by atoms with Crippen molar-refractivity contribution in [3.05, 3.63) is 54.1 Å². The number of amides is 1. The molecule has 0 aliphatic rings. The van der Waals surface area contributed by atoms with Crippen molar-refractivity contribution in [3.8, 4) is 0 Å². The molecule has 2 rings (SSSR count). The minimum atomic E-state index is -0.185. The summed E-state index contributed by atoms with van der Waals surface area (Å²) in [5.41, 5.74) is 8.03. The number of carbonyl (C=O) groups is 1. The molecule has 0 saturated carbocycles. The molecule has 4 nitrogen and oxygen atoms in total. The van der Waals surface area contributed by atoms with E-state index >= 15 is 0 Å². The van der Waals surface area contributed by atoms with Gasteiger partial charge in [-0.3, -0.25) is 4.79 Å². The largest absolute Gasteiger partial charge is 0.369 e. The minimum absolute atomic E-state index is 0.0342. The van der Waals surface area contributed by atoms with E-state index in [1.165, 1.54) is 24.0 Å². The van der Waals surface area contributed by atoms with Gasteiger partial charge in [-0.2, -0.15) is 0 Å². The van der Waals surface area contributed by atoms with E-state index in [2.05, 4.69) is 66.0 Å². The van der Waals surface area contributed by atoms with Crippen LogP contribution >= 0.6 is 0 Å². The van der Waals surface area contributed by atoms with Gasteiger partial charge in [-0.15, -0.1) is 0 Å². The number of nitrogens with zero attached hydrogens (tertiary/aromatic N) is 2. The lowest BCUT2D eigenvalue weighted by atomic mass is 9.88. The molecule has 25 heavy (non-hydrogen) atoms. The average Bonchev–Trinajstić information content (AvgIpc) is 3.05. The number of nitrogens with two attached hydrogens (primary N) is 1. The lowest BCUT2D eigenvalue weighted by Gasteiger charge is -2.17. The summed E-state index contributed by atoms with van der Waals surface area (Å²) in [6.07, 6.45) is 10.5. The Morgan fingerprint density at radius 3 is 2.56 bits per heavy atom. The van der Waals surface area contributed by atoms with Crippen LogP contribution in [0.2, 0.25) is 0 Å². The van der Waals surface area contributed by atoms with Gasteiger partial charge >= 0.3 is 0 Å². The summed E-state index contributed by atoms with van der Waals surface area (Å²) >= 11 is 0. The molecule has 0 aliphatic heterocycles. The normalized spacial score (nSPS) is 13.6. The zero-order valence-corrected chi connectivity index (χ0v) is 15.8. The molecule has 2 atom stereocenters. The van der Waals surface area contributed by atoms with Gasteiger partial charge in [-0.25, -0.2) is 9.13 Å². The van der Waals surface area contributed by atoms with Crippen LogP contribution in [0.4, 0.5) is 0 Å². The molecule has 0 saturated heterocycles. The second-order valence-corrected chi connectivity index (χ2v) is 7.06. The molecule has 1 amide bonds. The second kappa shape index (κ2) is 9.40. The number of imidazole rings is 1. The number of primary amides is 1. The van der Waals surface area contributed by atoms with E-state index in [1.807, 2.05) is 6.92 Å². The molecule has 136 valence electrons. The summed E-state index contributed by atoms with van der Waals surface area (Å²) in [5.74, 6) is 0.123. The Morgan fingerprint density at radius 2 is 1.96 bits per heavy atom. The quantitative estimate of drug-likeness (QED) is 0.659. The van der Waals surface area contributed by atoms with Crippen molar-refractivity contribution in [1.82, 2.24) is 4.57 Å². The summed E-state index contributed by atoms with van der Waals surface area (Å²) in [5, 5.41) is 0. The molecule has 0 radical (unpaired) electrons. The van der Waals surface area contributed by atoms with Crippen LogP contribution < -0.4 is 10.3 Å². The van der Waals surface area contributed by atoms with E-state index in [1.54, 1.807) is 0 Å². The van der Waals surface area contributed by atoms with E-state index in [0.717, 1.165) is 25.9 Å². The molecule has 2 aromatic rings. The van der Waals surface area contributed by atoms with Gasteiger partial charge in [0, 0.05) is 5.92 Å². The minimum Gasteiger partial charge on any atom is -0.369 e. The Labute approximate surface area is 151 Å². The van der Waals surface area contributed by atoms with E-state index in [0.29, 0.717) is 5.92 Å².